The van der Waals surface area contributed by atoms with Crippen LogP contribution in [-0.2, 0) is 17.8 Å². The third-order valence-electron chi connectivity index (χ3n) is 8.27. The summed E-state index contributed by atoms with van der Waals surface area (Å²) < 4.78 is 18.5. The number of aryl methyl sites for hydroxylation is 1. The Morgan fingerprint density at radius 3 is 2.56 bits per heavy atom. The first kappa shape index (κ1) is 26.9. The van der Waals surface area contributed by atoms with Gasteiger partial charge in [0.15, 0.2) is 0 Å². The number of nitrogens with one attached hydrogen (secondary N) is 1. The van der Waals surface area contributed by atoms with Crippen LogP contribution < -0.4 is 9.62 Å². The molecule has 2 aromatic carbocycles. The molecule has 1 aliphatic heterocycles. The van der Waals surface area contributed by atoms with E-state index in [9.17, 15) is 4.55 Å². The molecule has 1 unspecified atom stereocenters. The summed E-state index contributed by atoms with van der Waals surface area (Å²) in [5.41, 5.74) is 6.07. The lowest BCUT2D eigenvalue weighted by atomic mass is 9.73. The van der Waals surface area contributed by atoms with Gasteiger partial charge in [0.1, 0.15) is 10.4 Å². The lowest BCUT2D eigenvalue weighted by Crippen LogP contribution is -2.50. The topological polar surface area (TPSA) is 68.5 Å². The molecule has 1 N–H and O–H groups in total. The minimum atomic E-state index is -1.16. The fourth-order valence-corrected chi connectivity index (χ4v) is 7.52. The van der Waals surface area contributed by atoms with Gasteiger partial charge in [0.2, 0.25) is 5.95 Å². The number of benzene rings is 2. The predicted molar refractivity (Wildman–Crippen MR) is 161 cm³/mol. The fourth-order valence-electron chi connectivity index (χ4n) is 6.18. The molecule has 204 valence electrons. The molecule has 1 fully saturated rings. The van der Waals surface area contributed by atoms with Crippen LogP contribution in [0.2, 0.25) is 10.0 Å². The van der Waals surface area contributed by atoms with E-state index in [1.807, 2.05) is 52.2 Å². The summed E-state index contributed by atoms with van der Waals surface area (Å²) in [5.74, 6) is 0.884. The van der Waals surface area contributed by atoms with Crippen molar-refractivity contribution in [3.05, 3.63) is 81.7 Å². The number of hydrogen-bond acceptors (Lipinski definition) is 5. The van der Waals surface area contributed by atoms with Gasteiger partial charge in [-0.05, 0) is 64.2 Å². The number of rotatable bonds is 4. The van der Waals surface area contributed by atoms with Crippen LogP contribution in [-0.4, -0.2) is 36.8 Å². The molecule has 6 nitrogen and oxygen atoms in total. The SMILES string of the molecule is Cc1nc(N2CCC3(CC2)Cc2ccccc2[C@H]3N[S+]([O-])C(C)(C)C)n2ccnc2c1-c1cccc(Cl)c1Cl. The van der Waals surface area contributed by atoms with Crippen molar-refractivity contribution in [2.45, 2.75) is 57.7 Å². The molecule has 0 radical (unpaired) electrons. The van der Waals surface area contributed by atoms with E-state index >= 15 is 0 Å². The summed E-state index contributed by atoms with van der Waals surface area (Å²) in [6, 6.07) is 14.3. The van der Waals surface area contributed by atoms with E-state index in [1.165, 1.54) is 11.1 Å². The maximum atomic E-state index is 13.2. The Labute approximate surface area is 243 Å². The highest BCUT2D eigenvalue weighted by molar-refractivity contribution is 7.90. The van der Waals surface area contributed by atoms with Crippen LogP contribution in [0.5, 0.6) is 0 Å². The summed E-state index contributed by atoms with van der Waals surface area (Å²) in [5, 5.41) is 1.02. The van der Waals surface area contributed by atoms with Crippen LogP contribution in [0.4, 0.5) is 5.95 Å². The fraction of sp³-hybridized carbons (Fsp3) is 0.400. The first-order chi connectivity index (χ1) is 18.6. The van der Waals surface area contributed by atoms with Crippen LogP contribution in [0.15, 0.2) is 54.9 Å². The van der Waals surface area contributed by atoms with Gasteiger partial charge in [-0.25, -0.2) is 9.97 Å². The van der Waals surface area contributed by atoms with Crippen molar-refractivity contribution in [3.63, 3.8) is 0 Å². The Bertz CT molecular complexity index is 1540. The van der Waals surface area contributed by atoms with Crippen molar-refractivity contribution >= 4 is 46.2 Å². The van der Waals surface area contributed by atoms with Gasteiger partial charge in [-0.3, -0.25) is 4.40 Å². The van der Waals surface area contributed by atoms with Crippen LogP contribution >= 0.6 is 23.2 Å². The summed E-state index contributed by atoms with van der Waals surface area (Å²) in [6.07, 6.45) is 6.71. The van der Waals surface area contributed by atoms with Crippen LogP contribution in [0.25, 0.3) is 16.8 Å². The highest BCUT2D eigenvalue weighted by atomic mass is 35.5. The molecule has 3 heterocycles. The quantitative estimate of drug-likeness (QED) is 0.264. The van der Waals surface area contributed by atoms with Gasteiger partial charge in [0.25, 0.3) is 0 Å². The number of halogens is 2. The largest absolute Gasteiger partial charge is 0.598 e. The van der Waals surface area contributed by atoms with Gasteiger partial charge in [-0.15, -0.1) is 4.72 Å². The number of hydrogen-bond donors (Lipinski definition) is 1. The van der Waals surface area contributed by atoms with Crippen LogP contribution in [0.3, 0.4) is 0 Å². The monoisotopic (exact) mass is 581 g/mol. The average molecular weight is 583 g/mol. The highest BCUT2D eigenvalue weighted by Crippen LogP contribution is 2.53. The molecule has 2 aliphatic rings. The van der Waals surface area contributed by atoms with Gasteiger partial charge in [-0.2, -0.15) is 0 Å². The van der Waals surface area contributed by atoms with Crippen molar-refractivity contribution in [2.75, 3.05) is 18.0 Å². The van der Waals surface area contributed by atoms with E-state index in [1.54, 1.807) is 6.07 Å². The van der Waals surface area contributed by atoms with E-state index in [0.717, 1.165) is 60.8 Å². The zero-order valence-corrected chi connectivity index (χ0v) is 25.0. The summed E-state index contributed by atoms with van der Waals surface area (Å²) in [4.78, 5) is 12.1. The number of anilines is 1. The highest BCUT2D eigenvalue weighted by Gasteiger charge is 2.50. The van der Waals surface area contributed by atoms with E-state index in [2.05, 4.69) is 38.3 Å². The summed E-state index contributed by atoms with van der Waals surface area (Å²) >= 11 is 11.8. The Kier molecular flexibility index (Phi) is 6.87. The van der Waals surface area contributed by atoms with Gasteiger partial charge < -0.3 is 9.45 Å². The number of imidazole rings is 1. The van der Waals surface area contributed by atoms with E-state index in [0.29, 0.717) is 10.0 Å². The maximum Gasteiger partial charge on any atom is 0.211 e. The smallest absolute Gasteiger partial charge is 0.211 e. The summed E-state index contributed by atoms with van der Waals surface area (Å²) in [7, 11) is 0. The predicted octanol–water partition coefficient (Wildman–Crippen LogP) is 6.95. The molecule has 39 heavy (non-hydrogen) atoms. The first-order valence-corrected chi connectivity index (χ1v) is 15.3. The van der Waals surface area contributed by atoms with Gasteiger partial charge in [0, 0.05) is 53.4 Å². The molecule has 2 aromatic heterocycles. The Balaban J connectivity index is 1.32. The summed E-state index contributed by atoms with van der Waals surface area (Å²) in [6.45, 7) is 9.78. The zero-order chi connectivity index (χ0) is 27.5. The second kappa shape index (κ2) is 9.96. The second-order valence-corrected chi connectivity index (χ2v) is 14.5. The van der Waals surface area contributed by atoms with Crippen molar-refractivity contribution < 1.29 is 4.55 Å². The lowest BCUT2D eigenvalue weighted by Gasteiger charge is -2.44. The lowest BCUT2D eigenvalue weighted by molar-refractivity contribution is 0.175. The third-order valence-corrected chi connectivity index (χ3v) is 10.7. The molecule has 0 amide bonds. The molecule has 4 aromatic rings. The van der Waals surface area contributed by atoms with Crippen molar-refractivity contribution in [3.8, 4) is 11.1 Å². The molecule has 2 atom stereocenters. The van der Waals surface area contributed by atoms with Crippen molar-refractivity contribution in [2.24, 2.45) is 5.41 Å². The molecular weight excluding hydrogens is 549 g/mol. The van der Waals surface area contributed by atoms with E-state index in [4.69, 9.17) is 33.2 Å². The molecule has 1 spiro atoms. The number of aromatic nitrogens is 3. The minimum Gasteiger partial charge on any atom is -0.598 e. The molecule has 1 saturated heterocycles. The first-order valence-electron chi connectivity index (χ1n) is 13.4. The normalized spacial score (nSPS) is 19.6. The van der Waals surface area contributed by atoms with E-state index in [-0.39, 0.29) is 16.2 Å². The molecular formula is C30H33Cl2N5OS. The zero-order valence-electron chi connectivity index (χ0n) is 22.7. The van der Waals surface area contributed by atoms with Gasteiger partial charge in [0.05, 0.1) is 21.8 Å². The van der Waals surface area contributed by atoms with E-state index < -0.39 is 11.4 Å². The van der Waals surface area contributed by atoms with Crippen molar-refractivity contribution in [1.29, 1.82) is 0 Å². The molecule has 1 aliphatic carbocycles. The Morgan fingerprint density at radius 2 is 1.82 bits per heavy atom. The Morgan fingerprint density at radius 1 is 1.08 bits per heavy atom. The third kappa shape index (κ3) is 4.62. The van der Waals surface area contributed by atoms with Gasteiger partial charge >= 0.3 is 0 Å². The minimum absolute atomic E-state index is 0.0123. The average Bonchev–Trinajstić information content (AvgIpc) is 3.49. The molecule has 0 saturated carbocycles. The number of fused-ring (bicyclic) bond motifs is 2. The number of piperidine rings is 1. The maximum absolute atomic E-state index is 13.2. The molecule has 9 heteroatoms. The van der Waals surface area contributed by atoms with Crippen molar-refractivity contribution in [1.82, 2.24) is 19.1 Å². The standard InChI is InChI=1S/C30H33Cl2N5OS/c1-19-24(22-10-7-11-23(31)25(22)32)27-33-14-17-37(27)28(34-19)36-15-12-30(13-16-36)18-20-8-5-6-9-21(20)26(30)35-39(38)29(2,3)4/h5-11,14,17,26,35H,12-13,15-16,18H2,1-4H3/t26-,39?/m1/s1. The van der Waals surface area contributed by atoms with Crippen LogP contribution in [0.1, 0.15) is 56.5 Å². The molecule has 0 bridgehead atoms. The second-order valence-electron chi connectivity index (χ2n) is 11.8. The number of nitrogens with zero attached hydrogens (tertiary/aromatic N) is 4. The Hall–Kier alpha value is -2.29. The molecule has 6 rings (SSSR count). The van der Waals surface area contributed by atoms with Gasteiger partial charge in [-0.1, -0.05) is 59.6 Å². The van der Waals surface area contributed by atoms with Crippen LogP contribution in [0, 0.1) is 12.3 Å².